The third-order valence-corrected chi connectivity index (χ3v) is 1.62. The van der Waals surface area contributed by atoms with Crippen LogP contribution in [0.3, 0.4) is 0 Å². The molecular formula is C4H3BrFN2. The van der Waals surface area contributed by atoms with Crippen molar-refractivity contribution in [2.75, 3.05) is 0 Å². The molecule has 1 aromatic rings. The molecule has 0 saturated heterocycles. The van der Waals surface area contributed by atoms with E-state index in [0.717, 1.165) is 0 Å². The van der Waals surface area contributed by atoms with Gasteiger partial charge in [-0.3, -0.25) is 4.68 Å². The normalized spacial score (nSPS) is 9.88. The van der Waals surface area contributed by atoms with E-state index in [1.54, 1.807) is 7.05 Å². The summed E-state index contributed by atoms with van der Waals surface area (Å²) >= 11 is 2.94. The lowest BCUT2D eigenvalue weighted by Gasteiger charge is -1.86. The molecule has 0 aliphatic heterocycles. The van der Waals surface area contributed by atoms with Crippen molar-refractivity contribution >= 4 is 15.9 Å². The predicted octanol–water partition coefficient (Wildman–Crippen LogP) is 1.12. The molecule has 0 spiro atoms. The fraction of sp³-hybridized carbons (Fsp3) is 0.250. The van der Waals surface area contributed by atoms with Gasteiger partial charge in [0.15, 0.2) is 12.0 Å². The summed E-state index contributed by atoms with van der Waals surface area (Å²) in [7, 11) is 1.63. The molecule has 2 nitrogen and oxygen atoms in total. The van der Waals surface area contributed by atoms with Gasteiger partial charge in [0.2, 0.25) is 0 Å². The van der Waals surface area contributed by atoms with Crippen LogP contribution in [0.5, 0.6) is 0 Å². The number of nitrogens with zero attached hydrogens (tertiary/aromatic N) is 2. The molecule has 0 bridgehead atoms. The summed E-state index contributed by atoms with van der Waals surface area (Å²) in [6.45, 7) is 0. The molecule has 0 amide bonds. The lowest BCUT2D eigenvalue weighted by atomic mass is 10.7. The Hall–Kier alpha value is -0.380. The summed E-state index contributed by atoms with van der Waals surface area (Å²) in [4.78, 5) is 0. The standard InChI is InChI=1S/C4H3BrFN2/c1-8-4(5)3(6)2-7-8/h1H3. The number of hydrogen-bond acceptors (Lipinski definition) is 1. The Kier molecular flexibility index (Phi) is 1.33. The minimum absolute atomic E-state index is 0.331. The molecule has 0 N–H and O–H groups in total. The highest BCUT2D eigenvalue weighted by atomic mass is 79.9. The quantitative estimate of drug-likeness (QED) is 0.582. The van der Waals surface area contributed by atoms with E-state index in [1.807, 2.05) is 0 Å². The van der Waals surface area contributed by atoms with Gasteiger partial charge in [-0.2, -0.15) is 5.10 Å². The lowest BCUT2D eigenvalue weighted by Crippen LogP contribution is -1.88. The van der Waals surface area contributed by atoms with Crippen molar-refractivity contribution in [1.82, 2.24) is 9.78 Å². The summed E-state index contributed by atoms with van der Waals surface area (Å²) in [5.74, 6) is -0.451. The number of aromatic nitrogens is 2. The van der Waals surface area contributed by atoms with Crippen LogP contribution < -0.4 is 0 Å². The molecule has 1 aromatic heterocycles. The highest BCUT2D eigenvalue weighted by Gasteiger charge is 2.01. The van der Waals surface area contributed by atoms with Crippen molar-refractivity contribution in [3.63, 3.8) is 0 Å². The highest BCUT2D eigenvalue weighted by molar-refractivity contribution is 9.10. The fourth-order valence-electron chi connectivity index (χ4n) is 0.351. The molecule has 4 heteroatoms. The SMILES string of the molecule is Cn1n[c]c(F)c1Br. The lowest BCUT2D eigenvalue weighted by molar-refractivity contribution is 0.613. The first-order chi connectivity index (χ1) is 3.72. The molecule has 0 saturated carbocycles. The zero-order chi connectivity index (χ0) is 6.15. The van der Waals surface area contributed by atoms with Gasteiger partial charge in [-0.1, -0.05) is 0 Å². The maximum absolute atomic E-state index is 12.2. The molecule has 1 rings (SSSR count). The number of hydrogen-bond donors (Lipinski definition) is 0. The van der Waals surface area contributed by atoms with E-state index in [4.69, 9.17) is 0 Å². The van der Waals surface area contributed by atoms with E-state index in [-0.39, 0.29) is 0 Å². The number of halogens is 2. The first-order valence-electron chi connectivity index (χ1n) is 1.97. The largest absolute Gasteiger partial charge is 0.258 e. The van der Waals surface area contributed by atoms with Crippen LogP contribution in [0.25, 0.3) is 0 Å². The Bertz CT molecular complexity index is 176. The van der Waals surface area contributed by atoms with Crippen molar-refractivity contribution in [1.29, 1.82) is 0 Å². The Morgan fingerprint density at radius 1 is 1.88 bits per heavy atom. The summed E-state index contributed by atoms with van der Waals surface area (Å²) in [5, 5.41) is 3.49. The second-order valence-corrected chi connectivity index (χ2v) is 2.09. The van der Waals surface area contributed by atoms with E-state index in [0.29, 0.717) is 4.60 Å². The van der Waals surface area contributed by atoms with Gasteiger partial charge in [0, 0.05) is 7.05 Å². The van der Waals surface area contributed by atoms with Crippen molar-refractivity contribution in [2.24, 2.45) is 7.05 Å². The molecule has 0 aromatic carbocycles. The average molecular weight is 178 g/mol. The Labute approximate surface area is 54.4 Å². The third kappa shape index (κ3) is 0.753. The molecule has 1 radical (unpaired) electrons. The van der Waals surface area contributed by atoms with Gasteiger partial charge in [0.1, 0.15) is 4.60 Å². The van der Waals surface area contributed by atoms with E-state index in [9.17, 15) is 4.39 Å². The molecule has 0 aliphatic rings. The van der Waals surface area contributed by atoms with E-state index in [2.05, 4.69) is 27.2 Å². The summed E-state index contributed by atoms with van der Waals surface area (Å²) in [6, 6.07) is 0. The van der Waals surface area contributed by atoms with Gasteiger partial charge in [-0.25, -0.2) is 4.39 Å². The van der Waals surface area contributed by atoms with Gasteiger partial charge in [0.05, 0.1) is 0 Å². The van der Waals surface area contributed by atoms with Crippen LogP contribution in [0.1, 0.15) is 0 Å². The van der Waals surface area contributed by atoms with Crippen molar-refractivity contribution in [3.8, 4) is 0 Å². The fourth-order valence-corrected chi connectivity index (χ4v) is 0.519. The number of rotatable bonds is 0. The van der Waals surface area contributed by atoms with E-state index in [1.165, 1.54) is 4.68 Å². The van der Waals surface area contributed by atoms with Crippen molar-refractivity contribution in [2.45, 2.75) is 0 Å². The zero-order valence-electron chi connectivity index (χ0n) is 4.15. The van der Waals surface area contributed by atoms with Gasteiger partial charge in [0.25, 0.3) is 0 Å². The van der Waals surface area contributed by atoms with Gasteiger partial charge < -0.3 is 0 Å². The van der Waals surface area contributed by atoms with Crippen molar-refractivity contribution in [3.05, 3.63) is 16.6 Å². The minimum Gasteiger partial charge on any atom is -0.258 e. The van der Waals surface area contributed by atoms with Gasteiger partial charge >= 0.3 is 0 Å². The van der Waals surface area contributed by atoms with Crippen molar-refractivity contribution < 1.29 is 4.39 Å². The highest BCUT2D eigenvalue weighted by Crippen LogP contribution is 2.10. The summed E-state index contributed by atoms with van der Waals surface area (Å²) in [6.07, 6.45) is 2.14. The molecule has 0 atom stereocenters. The first kappa shape index (κ1) is 5.75. The second-order valence-electron chi connectivity index (χ2n) is 1.34. The smallest absolute Gasteiger partial charge is 0.185 e. The monoisotopic (exact) mass is 177 g/mol. The molecule has 8 heavy (non-hydrogen) atoms. The summed E-state index contributed by atoms with van der Waals surface area (Å²) < 4.78 is 13.8. The molecule has 0 aliphatic carbocycles. The Morgan fingerprint density at radius 2 is 2.50 bits per heavy atom. The predicted molar refractivity (Wildman–Crippen MR) is 29.7 cm³/mol. The van der Waals surface area contributed by atoms with Crippen LogP contribution in [0.4, 0.5) is 4.39 Å². The second kappa shape index (κ2) is 1.85. The topological polar surface area (TPSA) is 17.8 Å². The minimum atomic E-state index is -0.451. The van der Waals surface area contributed by atoms with Crippen LogP contribution in [0, 0.1) is 12.0 Å². The van der Waals surface area contributed by atoms with Crippen LogP contribution in [0.2, 0.25) is 0 Å². The Balaban J connectivity index is 3.19. The summed E-state index contributed by atoms with van der Waals surface area (Å²) in [5.41, 5.74) is 0. The van der Waals surface area contributed by atoms with Gasteiger partial charge in [-0.05, 0) is 15.9 Å². The average Bonchev–Trinajstić information content (AvgIpc) is 1.98. The van der Waals surface area contributed by atoms with Gasteiger partial charge in [-0.15, -0.1) is 0 Å². The van der Waals surface area contributed by atoms with Crippen LogP contribution in [0.15, 0.2) is 4.60 Å². The van der Waals surface area contributed by atoms with Crippen LogP contribution >= 0.6 is 15.9 Å². The molecule has 43 valence electrons. The molecule has 0 fully saturated rings. The maximum Gasteiger partial charge on any atom is 0.185 e. The maximum atomic E-state index is 12.2. The molecule has 0 unspecified atom stereocenters. The van der Waals surface area contributed by atoms with E-state index >= 15 is 0 Å². The number of aryl methyl sites for hydroxylation is 1. The zero-order valence-corrected chi connectivity index (χ0v) is 5.74. The van der Waals surface area contributed by atoms with E-state index < -0.39 is 5.82 Å². The Morgan fingerprint density at radius 3 is 2.62 bits per heavy atom. The van der Waals surface area contributed by atoms with Crippen LogP contribution in [-0.2, 0) is 7.05 Å². The molecule has 1 heterocycles. The third-order valence-electron chi connectivity index (χ3n) is 0.763. The van der Waals surface area contributed by atoms with Crippen LogP contribution in [-0.4, -0.2) is 9.78 Å². The molecular weight excluding hydrogens is 175 g/mol. The first-order valence-corrected chi connectivity index (χ1v) is 2.77.